The minimum atomic E-state index is -1.32. The van der Waals surface area contributed by atoms with Gasteiger partial charge >= 0.3 is 12.2 Å². The lowest BCUT2D eigenvalue weighted by atomic mass is 10.2. The van der Waals surface area contributed by atoms with Crippen LogP contribution in [-0.4, -0.2) is 58.8 Å². The van der Waals surface area contributed by atoms with Gasteiger partial charge in [-0.1, -0.05) is 30.3 Å². The summed E-state index contributed by atoms with van der Waals surface area (Å²) in [7, 11) is 0. The molecule has 0 bridgehead atoms. The molecule has 0 saturated carbocycles. The summed E-state index contributed by atoms with van der Waals surface area (Å²) in [5.41, 5.74) is 0.803. The van der Waals surface area contributed by atoms with E-state index in [9.17, 15) is 19.8 Å². The molecule has 0 spiro atoms. The second-order valence-corrected chi connectivity index (χ2v) is 5.06. The molecule has 0 unspecified atom stereocenters. The predicted molar refractivity (Wildman–Crippen MR) is 79.3 cm³/mol. The molecule has 1 aromatic carbocycles. The van der Waals surface area contributed by atoms with Crippen LogP contribution < -0.4 is 5.32 Å². The molecule has 1 fully saturated rings. The monoisotopic (exact) mass is 324 g/mol. The predicted octanol–water partition coefficient (Wildman–Crippen LogP) is 0.433. The number of nitrogens with one attached hydrogen (secondary N) is 1. The first kappa shape index (κ1) is 17.0. The number of aliphatic hydroxyl groups excluding tert-OH is 2. The molecule has 8 nitrogen and oxygen atoms in total. The van der Waals surface area contributed by atoms with Crippen LogP contribution >= 0.6 is 0 Å². The molecule has 1 heterocycles. The average Bonchev–Trinajstić information content (AvgIpc) is 2.82. The second-order valence-electron chi connectivity index (χ2n) is 5.06. The molecule has 0 aliphatic carbocycles. The lowest BCUT2D eigenvalue weighted by Crippen LogP contribution is -2.52. The van der Waals surface area contributed by atoms with Gasteiger partial charge in [-0.15, -0.1) is 0 Å². The van der Waals surface area contributed by atoms with Crippen molar-refractivity contribution in [3.8, 4) is 0 Å². The molecular formula is C15H20N2O6. The number of ether oxygens (including phenoxy) is 2. The molecule has 1 aliphatic heterocycles. The number of nitrogens with zero attached hydrogens (tertiary/aromatic N) is 1. The number of amides is 2. The maximum atomic E-state index is 11.8. The number of β-amino-alcohol motifs (C(OH)–C–C–N with tert-alkyl or cyclic N) is 1. The number of benzene rings is 1. The fraction of sp³-hybridized carbons (Fsp3) is 0.467. The van der Waals surface area contributed by atoms with Crippen LogP contribution in [0.2, 0.25) is 0 Å². The van der Waals surface area contributed by atoms with E-state index in [0.717, 1.165) is 10.5 Å². The van der Waals surface area contributed by atoms with Crippen LogP contribution in [-0.2, 0) is 16.1 Å². The van der Waals surface area contributed by atoms with Gasteiger partial charge in [-0.25, -0.2) is 9.59 Å². The summed E-state index contributed by atoms with van der Waals surface area (Å²) in [5.74, 6) is 0. The fourth-order valence-electron chi connectivity index (χ4n) is 2.26. The molecule has 0 radical (unpaired) electrons. The molecule has 3 atom stereocenters. The first-order valence-electron chi connectivity index (χ1n) is 7.29. The Morgan fingerprint density at radius 3 is 2.61 bits per heavy atom. The average molecular weight is 324 g/mol. The maximum absolute atomic E-state index is 11.8. The van der Waals surface area contributed by atoms with Crippen molar-refractivity contribution in [1.29, 1.82) is 0 Å². The number of aliphatic hydroxyl groups is 2. The van der Waals surface area contributed by atoms with Crippen LogP contribution in [0.4, 0.5) is 9.59 Å². The zero-order valence-corrected chi connectivity index (χ0v) is 12.7. The van der Waals surface area contributed by atoms with E-state index in [1.807, 2.05) is 18.2 Å². The highest BCUT2D eigenvalue weighted by Crippen LogP contribution is 2.18. The normalized spacial score (nSPS) is 23.4. The van der Waals surface area contributed by atoms with Crippen LogP contribution in [0.25, 0.3) is 0 Å². The van der Waals surface area contributed by atoms with Crippen molar-refractivity contribution < 1.29 is 29.3 Å². The summed E-state index contributed by atoms with van der Waals surface area (Å²) >= 11 is 0. The summed E-state index contributed by atoms with van der Waals surface area (Å²) in [4.78, 5) is 24.7. The Morgan fingerprint density at radius 2 is 1.96 bits per heavy atom. The molecule has 126 valence electrons. The van der Waals surface area contributed by atoms with Gasteiger partial charge in [0.25, 0.3) is 0 Å². The van der Waals surface area contributed by atoms with Crippen molar-refractivity contribution in [2.45, 2.75) is 31.9 Å². The summed E-state index contributed by atoms with van der Waals surface area (Å²) in [6.07, 6.45) is -5.12. The van der Waals surface area contributed by atoms with Crippen LogP contribution in [0.5, 0.6) is 0 Å². The van der Waals surface area contributed by atoms with Gasteiger partial charge in [0.2, 0.25) is 0 Å². The smallest absolute Gasteiger partial charge is 0.411 e. The van der Waals surface area contributed by atoms with Gasteiger partial charge in [0.15, 0.2) is 0 Å². The first-order chi connectivity index (χ1) is 11.0. The van der Waals surface area contributed by atoms with Crippen LogP contribution in [0.15, 0.2) is 30.3 Å². The molecular weight excluding hydrogens is 304 g/mol. The van der Waals surface area contributed by atoms with Gasteiger partial charge < -0.3 is 19.7 Å². The highest BCUT2D eigenvalue weighted by molar-refractivity contribution is 5.72. The molecule has 2 rings (SSSR count). The van der Waals surface area contributed by atoms with Crippen LogP contribution in [0, 0.1) is 0 Å². The number of hydrogen-bond acceptors (Lipinski definition) is 6. The summed E-state index contributed by atoms with van der Waals surface area (Å²) in [6.45, 7) is 1.70. The molecule has 0 aromatic heterocycles. The number of carbonyl (C=O) groups excluding carboxylic acids is 2. The number of alkyl carbamates (subject to hydrolysis) is 1. The van der Waals surface area contributed by atoms with Gasteiger partial charge in [-0.2, -0.15) is 0 Å². The fourth-order valence-corrected chi connectivity index (χ4v) is 2.26. The molecule has 2 amide bonds. The van der Waals surface area contributed by atoms with Crippen molar-refractivity contribution >= 4 is 12.2 Å². The molecule has 23 heavy (non-hydrogen) atoms. The molecule has 8 heteroatoms. The quantitative estimate of drug-likeness (QED) is 0.741. The minimum Gasteiger partial charge on any atom is -0.450 e. The van der Waals surface area contributed by atoms with E-state index in [4.69, 9.17) is 9.47 Å². The number of hydrogen-bond donors (Lipinski definition) is 3. The summed E-state index contributed by atoms with van der Waals surface area (Å²) in [6, 6.07) is 9.07. The Balaban J connectivity index is 1.92. The van der Waals surface area contributed by atoms with E-state index in [0.29, 0.717) is 0 Å². The Kier molecular flexibility index (Phi) is 5.78. The third kappa shape index (κ3) is 4.33. The third-order valence-corrected chi connectivity index (χ3v) is 3.42. The van der Waals surface area contributed by atoms with Crippen molar-refractivity contribution in [2.75, 3.05) is 13.2 Å². The second kappa shape index (κ2) is 7.80. The number of rotatable bonds is 4. The van der Waals surface area contributed by atoms with E-state index in [1.54, 1.807) is 19.1 Å². The summed E-state index contributed by atoms with van der Waals surface area (Å²) < 4.78 is 9.88. The maximum Gasteiger partial charge on any atom is 0.411 e. The van der Waals surface area contributed by atoms with Crippen molar-refractivity contribution in [1.82, 2.24) is 10.2 Å². The minimum absolute atomic E-state index is 0.0530. The Bertz CT molecular complexity index is 538. The largest absolute Gasteiger partial charge is 0.450 e. The van der Waals surface area contributed by atoms with Crippen molar-refractivity contribution in [3.63, 3.8) is 0 Å². The van der Waals surface area contributed by atoms with Gasteiger partial charge in [0, 0.05) is 0 Å². The van der Waals surface area contributed by atoms with E-state index in [2.05, 4.69) is 5.32 Å². The molecule has 3 N–H and O–H groups in total. The zero-order chi connectivity index (χ0) is 16.8. The van der Waals surface area contributed by atoms with E-state index >= 15 is 0 Å². The standard InChI is InChI=1S/C15H20N2O6/c1-2-22-15(21)17-8-11(18)12(19)13(17)16-14(20)23-9-10-6-4-3-5-7-10/h3-7,11-13,18-19H,2,8-9H2,1H3,(H,16,20)/t11-,12-,13-/m1/s1. The van der Waals surface area contributed by atoms with Crippen molar-refractivity contribution in [2.24, 2.45) is 0 Å². The Labute approximate surface area is 133 Å². The van der Waals surface area contributed by atoms with E-state index in [1.165, 1.54) is 0 Å². The topological polar surface area (TPSA) is 108 Å². The van der Waals surface area contributed by atoms with Crippen LogP contribution in [0.3, 0.4) is 0 Å². The lowest BCUT2D eigenvalue weighted by Gasteiger charge is -2.25. The van der Waals surface area contributed by atoms with Gasteiger partial charge in [0.05, 0.1) is 13.2 Å². The van der Waals surface area contributed by atoms with E-state index in [-0.39, 0.29) is 19.8 Å². The number of carbonyl (C=O) groups is 2. The molecule has 1 saturated heterocycles. The first-order valence-corrected chi connectivity index (χ1v) is 7.29. The molecule has 1 aromatic rings. The third-order valence-electron chi connectivity index (χ3n) is 3.42. The highest BCUT2D eigenvalue weighted by Gasteiger charge is 2.44. The van der Waals surface area contributed by atoms with E-state index < -0.39 is 30.6 Å². The highest BCUT2D eigenvalue weighted by atomic mass is 16.6. The Hall–Kier alpha value is -2.32. The summed E-state index contributed by atoms with van der Waals surface area (Å²) in [5, 5.41) is 22.0. The van der Waals surface area contributed by atoms with Crippen LogP contribution in [0.1, 0.15) is 12.5 Å². The van der Waals surface area contributed by atoms with Crippen molar-refractivity contribution in [3.05, 3.63) is 35.9 Å². The SMILES string of the molecule is CCOC(=O)N1C[C@@H](O)[C@@H](O)[C@@H]1NC(=O)OCc1ccccc1. The number of likely N-dealkylation sites (tertiary alicyclic amines) is 1. The molecule has 1 aliphatic rings. The van der Waals surface area contributed by atoms with Gasteiger partial charge in [-0.05, 0) is 12.5 Å². The zero-order valence-electron chi connectivity index (χ0n) is 12.7. The lowest BCUT2D eigenvalue weighted by molar-refractivity contribution is 0.0258. The van der Waals surface area contributed by atoms with Gasteiger partial charge in [-0.3, -0.25) is 10.2 Å². The Morgan fingerprint density at radius 1 is 1.26 bits per heavy atom. The van der Waals surface area contributed by atoms with Gasteiger partial charge in [0.1, 0.15) is 25.0 Å².